The molecule has 5 nitrogen and oxygen atoms in total. The molecule has 1 aliphatic carbocycles. The number of rotatable bonds is 4. The van der Waals surface area contributed by atoms with Crippen molar-refractivity contribution in [2.75, 3.05) is 5.75 Å². The van der Waals surface area contributed by atoms with Gasteiger partial charge in [0.15, 0.2) is 4.34 Å². The Kier molecular flexibility index (Phi) is 5.73. The molecule has 1 saturated carbocycles. The van der Waals surface area contributed by atoms with Crippen LogP contribution >= 0.6 is 23.1 Å². The second kappa shape index (κ2) is 7.98. The maximum absolute atomic E-state index is 12.0. The number of urea groups is 1. The van der Waals surface area contributed by atoms with Crippen molar-refractivity contribution in [2.45, 2.75) is 43.0 Å². The standard InChI is InChI=1S/C17H21N3O2S2/c1-11-6-2-3-7-12(11)18-16(22)20-15(21)10-23-17-19-13-8-4-5-9-14(13)24-17/h4-5,8-9,11-12H,2-3,6-7,10H2,1H3,(H2,18,20,21,22). The van der Waals surface area contributed by atoms with Crippen LogP contribution < -0.4 is 10.6 Å². The van der Waals surface area contributed by atoms with Gasteiger partial charge in [-0.15, -0.1) is 11.3 Å². The molecule has 0 saturated heterocycles. The van der Waals surface area contributed by atoms with Gasteiger partial charge < -0.3 is 5.32 Å². The van der Waals surface area contributed by atoms with E-state index in [1.54, 1.807) is 11.3 Å². The Morgan fingerprint density at radius 1 is 1.29 bits per heavy atom. The normalized spacial score (nSPS) is 20.7. The SMILES string of the molecule is CC1CCCCC1NC(=O)NC(=O)CSc1nc2ccccc2s1. The number of imide groups is 1. The van der Waals surface area contributed by atoms with Crippen molar-refractivity contribution in [3.05, 3.63) is 24.3 Å². The lowest BCUT2D eigenvalue weighted by molar-refractivity contribution is -0.117. The first-order valence-electron chi connectivity index (χ1n) is 8.20. The summed E-state index contributed by atoms with van der Waals surface area (Å²) in [4.78, 5) is 28.4. The highest BCUT2D eigenvalue weighted by molar-refractivity contribution is 8.01. The highest BCUT2D eigenvalue weighted by atomic mass is 32.2. The number of hydrogen-bond donors (Lipinski definition) is 2. The van der Waals surface area contributed by atoms with Gasteiger partial charge in [0, 0.05) is 6.04 Å². The Labute approximate surface area is 149 Å². The van der Waals surface area contributed by atoms with Crippen molar-refractivity contribution < 1.29 is 9.59 Å². The summed E-state index contributed by atoms with van der Waals surface area (Å²) in [6.45, 7) is 2.15. The maximum atomic E-state index is 12.0. The van der Waals surface area contributed by atoms with Crippen molar-refractivity contribution in [3.63, 3.8) is 0 Å². The van der Waals surface area contributed by atoms with Crippen LogP contribution in [-0.4, -0.2) is 28.7 Å². The number of para-hydroxylation sites is 1. The van der Waals surface area contributed by atoms with E-state index in [0.717, 1.165) is 33.8 Å². The molecular weight excluding hydrogens is 342 g/mol. The molecule has 24 heavy (non-hydrogen) atoms. The number of thiazole rings is 1. The van der Waals surface area contributed by atoms with Crippen LogP contribution in [-0.2, 0) is 4.79 Å². The molecular formula is C17H21N3O2S2. The van der Waals surface area contributed by atoms with Crippen molar-refractivity contribution >= 4 is 45.3 Å². The fraction of sp³-hybridized carbons (Fsp3) is 0.471. The highest BCUT2D eigenvalue weighted by Gasteiger charge is 2.23. The average Bonchev–Trinajstić information content (AvgIpc) is 2.98. The third kappa shape index (κ3) is 4.48. The molecule has 0 aliphatic heterocycles. The zero-order valence-electron chi connectivity index (χ0n) is 13.6. The van der Waals surface area contributed by atoms with Crippen LogP contribution in [0.15, 0.2) is 28.6 Å². The van der Waals surface area contributed by atoms with E-state index in [1.165, 1.54) is 18.2 Å². The van der Waals surface area contributed by atoms with E-state index in [0.29, 0.717) is 5.92 Å². The van der Waals surface area contributed by atoms with Gasteiger partial charge in [-0.2, -0.15) is 0 Å². The second-order valence-corrected chi connectivity index (χ2v) is 8.38. The van der Waals surface area contributed by atoms with Crippen LogP contribution in [0.1, 0.15) is 32.6 Å². The van der Waals surface area contributed by atoms with E-state index in [2.05, 4.69) is 22.5 Å². The molecule has 3 amide bonds. The fourth-order valence-corrected chi connectivity index (χ4v) is 4.81. The van der Waals surface area contributed by atoms with Gasteiger partial charge in [0.2, 0.25) is 5.91 Å². The fourth-order valence-electron chi connectivity index (χ4n) is 2.94. The number of fused-ring (bicyclic) bond motifs is 1. The molecule has 1 aromatic carbocycles. The number of benzene rings is 1. The number of amides is 3. The van der Waals surface area contributed by atoms with Gasteiger partial charge in [-0.25, -0.2) is 9.78 Å². The first-order valence-corrected chi connectivity index (χ1v) is 10.0. The van der Waals surface area contributed by atoms with Crippen LogP contribution in [0.4, 0.5) is 4.79 Å². The first kappa shape index (κ1) is 17.2. The molecule has 2 N–H and O–H groups in total. The number of hydrogen-bond acceptors (Lipinski definition) is 5. The Balaban J connectivity index is 1.45. The van der Waals surface area contributed by atoms with E-state index in [9.17, 15) is 9.59 Å². The molecule has 3 rings (SSSR count). The summed E-state index contributed by atoms with van der Waals surface area (Å²) in [6.07, 6.45) is 4.48. The minimum atomic E-state index is -0.386. The Morgan fingerprint density at radius 2 is 2.08 bits per heavy atom. The molecule has 2 atom stereocenters. The molecule has 0 radical (unpaired) electrons. The Bertz CT molecular complexity index is 698. The summed E-state index contributed by atoms with van der Waals surface area (Å²) in [6, 6.07) is 7.66. The lowest BCUT2D eigenvalue weighted by atomic mass is 9.86. The van der Waals surface area contributed by atoms with E-state index < -0.39 is 0 Å². The van der Waals surface area contributed by atoms with Gasteiger partial charge in [0.1, 0.15) is 0 Å². The monoisotopic (exact) mass is 363 g/mol. The molecule has 1 fully saturated rings. The zero-order chi connectivity index (χ0) is 16.9. The molecule has 0 bridgehead atoms. The summed E-state index contributed by atoms with van der Waals surface area (Å²) >= 11 is 2.92. The molecule has 7 heteroatoms. The topological polar surface area (TPSA) is 71.1 Å². The summed E-state index contributed by atoms with van der Waals surface area (Å²) in [5.41, 5.74) is 0.939. The van der Waals surface area contributed by atoms with Gasteiger partial charge in [-0.3, -0.25) is 10.1 Å². The number of nitrogens with zero attached hydrogens (tertiary/aromatic N) is 1. The van der Waals surface area contributed by atoms with Gasteiger partial charge in [-0.05, 0) is 30.9 Å². The number of aromatic nitrogens is 1. The maximum Gasteiger partial charge on any atom is 0.321 e. The quantitative estimate of drug-likeness (QED) is 0.811. The smallest absolute Gasteiger partial charge is 0.321 e. The van der Waals surface area contributed by atoms with Crippen molar-refractivity contribution in [1.29, 1.82) is 0 Å². The predicted molar refractivity (Wildman–Crippen MR) is 98.4 cm³/mol. The first-order chi connectivity index (χ1) is 11.6. The molecule has 1 aliphatic rings. The highest BCUT2D eigenvalue weighted by Crippen LogP contribution is 2.29. The molecule has 1 heterocycles. The van der Waals surface area contributed by atoms with Gasteiger partial charge in [0.05, 0.1) is 16.0 Å². The zero-order valence-corrected chi connectivity index (χ0v) is 15.2. The third-order valence-corrected chi connectivity index (χ3v) is 6.46. The van der Waals surface area contributed by atoms with E-state index in [-0.39, 0.29) is 23.7 Å². The van der Waals surface area contributed by atoms with Crippen LogP contribution in [0.3, 0.4) is 0 Å². The summed E-state index contributed by atoms with van der Waals surface area (Å²) in [5.74, 6) is 0.366. The number of nitrogens with one attached hydrogen (secondary N) is 2. The van der Waals surface area contributed by atoms with Gasteiger partial charge in [0.25, 0.3) is 0 Å². The van der Waals surface area contributed by atoms with Gasteiger partial charge >= 0.3 is 6.03 Å². The van der Waals surface area contributed by atoms with E-state index in [4.69, 9.17) is 0 Å². The molecule has 1 aromatic heterocycles. The summed E-state index contributed by atoms with van der Waals surface area (Å²) in [5, 5.41) is 5.34. The summed E-state index contributed by atoms with van der Waals surface area (Å²) in [7, 11) is 0. The molecule has 0 spiro atoms. The lowest BCUT2D eigenvalue weighted by Gasteiger charge is -2.29. The van der Waals surface area contributed by atoms with Crippen LogP contribution in [0.25, 0.3) is 10.2 Å². The van der Waals surface area contributed by atoms with Crippen molar-refractivity contribution in [1.82, 2.24) is 15.6 Å². The third-order valence-electron chi connectivity index (χ3n) is 4.28. The van der Waals surface area contributed by atoms with Crippen LogP contribution in [0.2, 0.25) is 0 Å². The number of thioether (sulfide) groups is 1. The van der Waals surface area contributed by atoms with Crippen molar-refractivity contribution in [2.24, 2.45) is 5.92 Å². The van der Waals surface area contributed by atoms with Crippen LogP contribution in [0.5, 0.6) is 0 Å². The number of carbonyl (C=O) groups excluding carboxylic acids is 2. The average molecular weight is 364 g/mol. The predicted octanol–water partition coefficient (Wildman–Crippen LogP) is 3.79. The van der Waals surface area contributed by atoms with Crippen LogP contribution in [0, 0.1) is 5.92 Å². The van der Waals surface area contributed by atoms with E-state index >= 15 is 0 Å². The minimum absolute atomic E-state index is 0.170. The Hall–Kier alpha value is -1.60. The van der Waals surface area contributed by atoms with Crippen molar-refractivity contribution in [3.8, 4) is 0 Å². The van der Waals surface area contributed by atoms with E-state index in [1.807, 2.05) is 24.3 Å². The van der Waals surface area contributed by atoms with Gasteiger partial charge in [-0.1, -0.05) is 43.7 Å². The largest absolute Gasteiger partial charge is 0.335 e. The molecule has 2 unspecified atom stereocenters. The second-order valence-electron chi connectivity index (χ2n) is 6.13. The molecule has 128 valence electrons. The minimum Gasteiger partial charge on any atom is -0.335 e. The molecule has 2 aromatic rings. The lowest BCUT2D eigenvalue weighted by Crippen LogP contribution is -2.48. The Morgan fingerprint density at radius 3 is 2.88 bits per heavy atom. The number of carbonyl (C=O) groups is 2. The summed E-state index contributed by atoms with van der Waals surface area (Å²) < 4.78 is 1.94.